The molecule has 1 aliphatic carbocycles. The van der Waals surface area contributed by atoms with Crippen LogP contribution in [0.3, 0.4) is 0 Å². The number of pyridine rings is 1. The smallest absolute Gasteiger partial charge is 0.223 e. The minimum absolute atomic E-state index is 0.251. The largest absolute Gasteiger partial charge is 0.356 e. The number of hydrogen-bond acceptors (Lipinski definition) is 2. The van der Waals surface area contributed by atoms with Gasteiger partial charge in [0.2, 0.25) is 5.91 Å². The van der Waals surface area contributed by atoms with E-state index in [1.807, 2.05) is 12.3 Å². The summed E-state index contributed by atoms with van der Waals surface area (Å²) in [6, 6.07) is 4.06. The molecule has 16 heavy (non-hydrogen) atoms. The molecule has 0 unspecified atom stereocenters. The molecule has 0 aliphatic heterocycles. The van der Waals surface area contributed by atoms with Crippen LogP contribution in [0.1, 0.15) is 31.2 Å². The number of hydrogen-bond donors (Lipinski definition) is 1. The molecule has 0 spiro atoms. The van der Waals surface area contributed by atoms with Gasteiger partial charge in [0.05, 0.1) is 0 Å². The molecule has 3 heteroatoms. The van der Waals surface area contributed by atoms with Crippen LogP contribution in [0.25, 0.3) is 0 Å². The zero-order valence-corrected chi connectivity index (χ0v) is 9.48. The first kappa shape index (κ1) is 11.1. The molecular formula is C13H18N2O. The number of aryl methyl sites for hydroxylation is 1. The van der Waals surface area contributed by atoms with Gasteiger partial charge in [-0.2, -0.15) is 0 Å². The average molecular weight is 218 g/mol. The maximum atomic E-state index is 11.3. The quantitative estimate of drug-likeness (QED) is 0.741. The molecule has 86 valence electrons. The maximum absolute atomic E-state index is 11.3. The van der Waals surface area contributed by atoms with E-state index in [2.05, 4.69) is 16.4 Å². The van der Waals surface area contributed by atoms with Gasteiger partial charge in [0, 0.05) is 24.9 Å². The minimum atomic E-state index is 0.251. The van der Waals surface area contributed by atoms with E-state index in [4.69, 9.17) is 0 Å². The Morgan fingerprint density at radius 1 is 1.44 bits per heavy atom. The predicted octanol–water partition coefficient (Wildman–Crippen LogP) is 1.93. The molecule has 3 nitrogen and oxygen atoms in total. The van der Waals surface area contributed by atoms with Crippen LogP contribution in [0.4, 0.5) is 0 Å². The molecule has 1 aliphatic rings. The van der Waals surface area contributed by atoms with E-state index < -0.39 is 0 Å². The normalized spacial score (nSPS) is 14.8. The molecule has 1 aromatic rings. The fourth-order valence-corrected chi connectivity index (χ4v) is 1.70. The molecule has 1 aromatic heterocycles. The summed E-state index contributed by atoms with van der Waals surface area (Å²) in [5, 5.41) is 2.98. The highest BCUT2D eigenvalue weighted by atomic mass is 16.2. The van der Waals surface area contributed by atoms with E-state index in [9.17, 15) is 4.79 Å². The summed E-state index contributed by atoms with van der Waals surface area (Å²) in [6.07, 6.45) is 9.07. The third-order valence-corrected chi connectivity index (χ3v) is 2.86. The fraction of sp³-hybridized carbons (Fsp3) is 0.538. The van der Waals surface area contributed by atoms with Crippen molar-refractivity contribution in [2.45, 2.75) is 32.1 Å². The third kappa shape index (κ3) is 3.65. The van der Waals surface area contributed by atoms with Crippen LogP contribution in [-0.4, -0.2) is 17.4 Å². The summed E-state index contributed by atoms with van der Waals surface area (Å²) in [5.41, 5.74) is 1.27. The molecular weight excluding hydrogens is 200 g/mol. The summed E-state index contributed by atoms with van der Waals surface area (Å²) in [4.78, 5) is 15.4. The molecule has 2 rings (SSSR count). The number of carbonyl (C=O) groups is 1. The van der Waals surface area contributed by atoms with Crippen LogP contribution in [0.15, 0.2) is 24.5 Å². The lowest BCUT2D eigenvalue weighted by Crippen LogP contribution is -2.25. The fourth-order valence-electron chi connectivity index (χ4n) is 1.70. The molecule has 0 atom stereocenters. The van der Waals surface area contributed by atoms with Crippen LogP contribution in [0.2, 0.25) is 0 Å². The van der Waals surface area contributed by atoms with E-state index in [1.54, 1.807) is 6.20 Å². The molecule has 1 saturated carbocycles. The molecule has 1 N–H and O–H groups in total. The number of amides is 1. The first-order chi connectivity index (χ1) is 7.86. The van der Waals surface area contributed by atoms with Crippen LogP contribution in [-0.2, 0) is 11.2 Å². The Hall–Kier alpha value is -1.38. The van der Waals surface area contributed by atoms with Crippen LogP contribution in [0, 0.1) is 5.92 Å². The number of carbonyl (C=O) groups excluding carboxylic acids is 1. The summed E-state index contributed by atoms with van der Waals surface area (Å²) in [6.45, 7) is 0.815. The zero-order chi connectivity index (χ0) is 11.2. The molecule has 0 bridgehead atoms. The van der Waals surface area contributed by atoms with E-state index in [1.165, 1.54) is 5.56 Å². The summed E-state index contributed by atoms with van der Waals surface area (Å²) in [5.74, 6) is 0.583. The highest BCUT2D eigenvalue weighted by Crippen LogP contribution is 2.28. The lowest BCUT2D eigenvalue weighted by Gasteiger charge is -2.03. The van der Waals surface area contributed by atoms with Gasteiger partial charge in [-0.25, -0.2) is 0 Å². The van der Waals surface area contributed by atoms with Crippen molar-refractivity contribution in [3.63, 3.8) is 0 Å². The Labute approximate surface area is 96.3 Å². The van der Waals surface area contributed by atoms with Crippen molar-refractivity contribution in [2.75, 3.05) is 6.54 Å². The monoisotopic (exact) mass is 218 g/mol. The number of nitrogens with one attached hydrogen (secondary N) is 1. The standard InChI is InChI=1S/C13H18N2O/c16-13(12-6-7-12)15-9-2-1-4-11-5-3-8-14-10-11/h3,5,8,10,12H,1-2,4,6-7,9H2,(H,15,16). The minimum Gasteiger partial charge on any atom is -0.356 e. The van der Waals surface area contributed by atoms with Crippen molar-refractivity contribution in [3.05, 3.63) is 30.1 Å². The number of aromatic nitrogens is 1. The van der Waals surface area contributed by atoms with Crippen molar-refractivity contribution in [1.82, 2.24) is 10.3 Å². The Balaban J connectivity index is 1.53. The molecule has 0 aromatic carbocycles. The molecule has 1 fully saturated rings. The van der Waals surface area contributed by atoms with Gasteiger partial charge >= 0.3 is 0 Å². The number of nitrogens with zero attached hydrogens (tertiary/aromatic N) is 1. The van der Waals surface area contributed by atoms with Gasteiger partial charge in [-0.1, -0.05) is 6.07 Å². The Kier molecular flexibility index (Phi) is 3.91. The van der Waals surface area contributed by atoms with Gasteiger partial charge in [0.1, 0.15) is 0 Å². The maximum Gasteiger partial charge on any atom is 0.223 e. The van der Waals surface area contributed by atoms with Crippen molar-refractivity contribution in [1.29, 1.82) is 0 Å². The zero-order valence-electron chi connectivity index (χ0n) is 9.48. The number of rotatable bonds is 6. The van der Waals surface area contributed by atoms with Gasteiger partial charge in [-0.05, 0) is 43.7 Å². The second-order valence-corrected chi connectivity index (χ2v) is 4.38. The summed E-state index contributed by atoms with van der Waals surface area (Å²) >= 11 is 0. The van der Waals surface area contributed by atoms with Crippen molar-refractivity contribution < 1.29 is 4.79 Å². The van der Waals surface area contributed by atoms with Gasteiger partial charge in [-0.3, -0.25) is 9.78 Å². The molecule has 1 heterocycles. The molecule has 0 radical (unpaired) electrons. The Morgan fingerprint density at radius 2 is 2.31 bits per heavy atom. The van der Waals surface area contributed by atoms with Crippen molar-refractivity contribution in [2.24, 2.45) is 5.92 Å². The highest BCUT2D eigenvalue weighted by molar-refractivity contribution is 5.80. The number of unbranched alkanes of at least 4 members (excludes halogenated alkanes) is 1. The van der Waals surface area contributed by atoms with E-state index in [-0.39, 0.29) is 5.91 Å². The van der Waals surface area contributed by atoms with Gasteiger partial charge in [-0.15, -0.1) is 0 Å². The van der Waals surface area contributed by atoms with Crippen LogP contribution < -0.4 is 5.32 Å². The summed E-state index contributed by atoms with van der Waals surface area (Å²) < 4.78 is 0. The first-order valence-electron chi connectivity index (χ1n) is 6.03. The Morgan fingerprint density at radius 3 is 3.00 bits per heavy atom. The SMILES string of the molecule is O=C(NCCCCc1cccnc1)C1CC1. The van der Waals surface area contributed by atoms with Crippen molar-refractivity contribution >= 4 is 5.91 Å². The first-order valence-corrected chi connectivity index (χ1v) is 6.03. The Bertz CT molecular complexity index is 333. The van der Waals surface area contributed by atoms with Crippen LogP contribution in [0.5, 0.6) is 0 Å². The van der Waals surface area contributed by atoms with Gasteiger partial charge < -0.3 is 5.32 Å². The van der Waals surface area contributed by atoms with Gasteiger partial charge in [0.25, 0.3) is 0 Å². The van der Waals surface area contributed by atoms with E-state index in [0.29, 0.717) is 5.92 Å². The highest BCUT2D eigenvalue weighted by Gasteiger charge is 2.28. The predicted molar refractivity (Wildman–Crippen MR) is 62.9 cm³/mol. The van der Waals surface area contributed by atoms with Crippen molar-refractivity contribution in [3.8, 4) is 0 Å². The third-order valence-electron chi connectivity index (χ3n) is 2.86. The van der Waals surface area contributed by atoms with Gasteiger partial charge in [0.15, 0.2) is 0 Å². The topological polar surface area (TPSA) is 42.0 Å². The summed E-state index contributed by atoms with van der Waals surface area (Å²) in [7, 11) is 0. The van der Waals surface area contributed by atoms with E-state index >= 15 is 0 Å². The molecule has 0 saturated heterocycles. The average Bonchev–Trinajstić information content (AvgIpc) is 3.13. The second kappa shape index (κ2) is 5.64. The second-order valence-electron chi connectivity index (χ2n) is 4.38. The lowest BCUT2D eigenvalue weighted by atomic mass is 10.1. The van der Waals surface area contributed by atoms with Crippen LogP contribution >= 0.6 is 0 Å². The molecule has 1 amide bonds. The lowest BCUT2D eigenvalue weighted by molar-refractivity contribution is -0.122. The van der Waals surface area contributed by atoms with E-state index in [0.717, 1.165) is 38.6 Å².